The molecule has 1 aromatic carbocycles. The SMILES string of the molecule is COc1cc(C=O)cc(Cl)c1OCCO. The molecule has 0 amide bonds. The fourth-order valence-electron chi connectivity index (χ4n) is 1.10. The van der Waals surface area contributed by atoms with Crippen molar-refractivity contribution in [2.24, 2.45) is 0 Å². The minimum Gasteiger partial charge on any atom is -0.493 e. The number of methoxy groups -OCH3 is 1. The molecule has 0 saturated carbocycles. The molecule has 15 heavy (non-hydrogen) atoms. The zero-order valence-corrected chi connectivity index (χ0v) is 8.95. The molecule has 1 aromatic rings. The van der Waals surface area contributed by atoms with Crippen molar-refractivity contribution in [3.05, 3.63) is 22.7 Å². The molecule has 4 nitrogen and oxygen atoms in total. The van der Waals surface area contributed by atoms with E-state index in [0.29, 0.717) is 23.3 Å². The summed E-state index contributed by atoms with van der Waals surface area (Å²) in [6.45, 7) is 0.00539. The highest BCUT2D eigenvalue weighted by Crippen LogP contribution is 2.35. The first kappa shape index (κ1) is 11.8. The highest BCUT2D eigenvalue weighted by molar-refractivity contribution is 6.32. The van der Waals surface area contributed by atoms with Crippen LogP contribution in [0.2, 0.25) is 5.02 Å². The number of hydrogen-bond donors (Lipinski definition) is 1. The number of carbonyl (C=O) groups excluding carboxylic acids is 1. The van der Waals surface area contributed by atoms with E-state index in [1.165, 1.54) is 19.2 Å². The van der Waals surface area contributed by atoms with Gasteiger partial charge >= 0.3 is 0 Å². The van der Waals surface area contributed by atoms with E-state index in [-0.39, 0.29) is 18.2 Å². The Morgan fingerprint density at radius 2 is 2.27 bits per heavy atom. The molecule has 1 rings (SSSR count). The summed E-state index contributed by atoms with van der Waals surface area (Å²) in [4.78, 5) is 10.6. The van der Waals surface area contributed by atoms with Crippen molar-refractivity contribution in [3.63, 3.8) is 0 Å². The van der Waals surface area contributed by atoms with E-state index in [2.05, 4.69) is 0 Å². The number of hydrogen-bond acceptors (Lipinski definition) is 4. The summed E-state index contributed by atoms with van der Waals surface area (Å²) in [5, 5.41) is 8.90. The third kappa shape index (κ3) is 2.84. The second-order valence-corrected chi connectivity index (χ2v) is 3.13. The number of benzene rings is 1. The maximum atomic E-state index is 10.6. The summed E-state index contributed by atoms with van der Waals surface area (Å²) < 4.78 is 10.2. The Morgan fingerprint density at radius 3 is 2.80 bits per heavy atom. The molecule has 0 spiro atoms. The quantitative estimate of drug-likeness (QED) is 0.780. The molecule has 82 valence electrons. The van der Waals surface area contributed by atoms with Crippen LogP contribution < -0.4 is 9.47 Å². The summed E-state index contributed by atoms with van der Waals surface area (Å²) in [6.07, 6.45) is 0.671. The number of halogens is 1. The Labute approximate surface area is 92.4 Å². The average Bonchev–Trinajstić information content (AvgIpc) is 2.26. The summed E-state index contributed by atoms with van der Waals surface area (Å²) >= 11 is 5.88. The fraction of sp³-hybridized carbons (Fsp3) is 0.300. The molecule has 0 fully saturated rings. The van der Waals surface area contributed by atoms with Crippen molar-refractivity contribution in [3.8, 4) is 11.5 Å². The molecule has 0 bridgehead atoms. The molecule has 0 atom stereocenters. The van der Waals surface area contributed by atoms with Crippen LogP contribution in [0.3, 0.4) is 0 Å². The first-order valence-electron chi connectivity index (χ1n) is 4.29. The maximum absolute atomic E-state index is 10.6. The third-order valence-electron chi connectivity index (χ3n) is 1.73. The molecule has 0 aliphatic heterocycles. The normalized spacial score (nSPS) is 9.80. The molecule has 5 heteroatoms. The summed E-state index contributed by atoms with van der Waals surface area (Å²) in [5.41, 5.74) is 0.410. The lowest BCUT2D eigenvalue weighted by Crippen LogP contribution is -2.04. The van der Waals surface area contributed by atoms with Crippen molar-refractivity contribution >= 4 is 17.9 Å². The number of aldehydes is 1. The van der Waals surface area contributed by atoms with E-state index in [0.717, 1.165) is 0 Å². The van der Waals surface area contributed by atoms with Crippen LogP contribution >= 0.6 is 11.6 Å². The lowest BCUT2D eigenvalue weighted by atomic mass is 10.2. The lowest BCUT2D eigenvalue weighted by molar-refractivity contribution is 0.112. The van der Waals surface area contributed by atoms with E-state index in [1.54, 1.807) is 0 Å². The molecule has 1 N–H and O–H groups in total. The summed E-state index contributed by atoms with van der Waals surface area (Å²) in [7, 11) is 1.45. The smallest absolute Gasteiger partial charge is 0.179 e. The monoisotopic (exact) mass is 230 g/mol. The van der Waals surface area contributed by atoms with E-state index >= 15 is 0 Å². The van der Waals surface area contributed by atoms with Crippen LogP contribution in [0.5, 0.6) is 11.5 Å². The molecule has 0 aliphatic rings. The minimum atomic E-state index is -0.116. The average molecular weight is 231 g/mol. The molecule has 0 unspecified atom stereocenters. The van der Waals surface area contributed by atoms with Gasteiger partial charge in [-0.15, -0.1) is 0 Å². The van der Waals surface area contributed by atoms with Crippen LogP contribution in [0.4, 0.5) is 0 Å². The number of aliphatic hydroxyl groups is 1. The van der Waals surface area contributed by atoms with Gasteiger partial charge in [0.05, 0.1) is 18.7 Å². The van der Waals surface area contributed by atoms with Crippen molar-refractivity contribution in [2.75, 3.05) is 20.3 Å². The lowest BCUT2D eigenvalue weighted by Gasteiger charge is -2.11. The Bertz CT molecular complexity index is 352. The Kier molecular flexibility index (Phi) is 4.39. The Morgan fingerprint density at radius 1 is 1.53 bits per heavy atom. The van der Waals surface area contributed by atoms with Gasteiger partial charge in [0.15, 0.2) is 11.5 Å². The van der Waals surface area contributed by atoms with Gasteiger partial charge in [0.1, 0.15) is 12.9 Å². The topological polar surface area (TPSA) is 55.8 Å². The van der Waals surface area contributed by atoms with Crippen molar-refractivity contribution in [1.29, 1.82) is 0 Å². The van der Waals surface area contributed by atoms with E-state index in [9.17, 15) is 4.79 Å². The van der Waals surface area contributed by atoms with E-state index in [4.69, 9.17) is 26.2 Å². The second-order valence-electron chi connectivity index (χ2n) is 2.72. The molecular weight excluding hydrogens is 220 g/mol. The van der Waals surface area contributed by atoms with Gasteiger partial charge in [0.25, 0.3) is 0 Å². The highest BCUT2D eigenvalue weighted by atomic mass is 35.5. The summed E-state index contributed by atoms with van der Waals surface area (Å²) in [6, 6.07) is 3.00. The Hall–Kier alpha value is -1.26. The summed E-state index contributed by atoms with van der Waals surface area (Å²) in [5.74, 6) is 0.705. The Balaban J connectivity index is 3.06. The van der Waals surface area contributed by atoms with Gasteiger partial charge in [0, 0.05) is 5.56 Å². The fourth-order valence-corrected chi connectivity index (χ4v) is 1.37. The zero-order valence-electron chi connectivity index (χ0n) is 8.20. The van der Waals surface area contributed by atoms with Gasteiger partial charge in [0.2, 0.25) is 0 Å². The second kappa shape index (κ2) is 5.58. The van der Waals surface area contributed by atoms with E-state index < -0.39 is 0 Å². The number of ether oxygens (including phenoxy) is 2. The standard InChI is InChI=1S/C10H11ClO4/c1-14-9-5-7(6-13)4-8(11)10(9)15-3-2-12/h4-6,12H,2-3H2,1H3. The van der Waals surface area contributed by atoms with Crippen molar-refractivity contribution in [1.82, 2.24) is 0 Å². The maximum Gasteiger partial charge on any atom is 0.179 e. The molecule has 0 heterocycles. The predicted molar refractivity (Wildman–Crippen MR) is 56.0 cm³/mol. The van der Waals surface area contributed by atoms with Gasteiger partial charge in [-0.25, -0.2) is 0 Å². The van der Waals surface area contributed by atoms with Gasteiger partial charge in [-0.2, -0.15) is 0 Å². The van der Waals surface area contributed by atoms with Crippen LogP contribution in [0.15, 0.2) is 12.1 Å². The zero-order chi connectivity index (χ0) is 11.3. The molecule has 0 radical (unpaired) electrons. The third-order valence-corrected chi connectivity index (χ3v) is 2.01. The van der Waals surface area contributed by atoms with Gasteiger partial charge < -0.3 is 14.6 Å². The van der Waals surface area contributed by atoms with Crippen molar-refractivity contribution in [2.45, 2.75) is 0 Å². The number of rotatable bonds is 5. The van der Waals surface area contributed by atoms with Gasteiger partial charge in [-0.05, 0) is 12.1 Å². The number of aliphatic hydroxyl groups excluding tert-OH is 1. The number of carbonyl (C=O) groups is 1. The van der Waals surface area contributed by atoms with E-state index in [1.807, 2.05) is 0 Å². The predicted octanol–water partition coefficient (Wildman–Crippen LogP) is 1.53. The molecule has 0 aromatic heterocycles. The van der Waals surface area contributed by atoms with Crippen LogP contribution in [-0.4, -0.2) is 31.7 Å². The molecule has 0 saturated heterocycles. The van der Waals surface area contributed by atoms with Crippen LogP contribution in [0.1, 0.15) is 10.4 Å². The minimum absolute atomic E-state index is 0.116. The largest absolute Gasteiger partial charge is 0.493 e. The first-order valence-corrected chi connectivity index (χ1v) is 4.67. The van der Waals surface area contributed by atoms with Crippen molar-refractivity contribution < 1.29 is 19.4 Å². The van der Waals surface area contributed by atoms with Crippen LogP contribution in [-0.2, 0) is 0 Å². The highest BCUT2D eigenvalue weighted by Gasteiger charge is 2.11. The van der Waals surface area contributed by atoms with Crippen LogP contribution in [0.25, 0.3) is 0 Å². The van der Waals surface area contributed by atoms with Gasteiger partial charge in [-0.1, -0.05) is 11.6 Å². The van der Waals surface area contributed by atoms with Crippen LogP contribution in [0, 0.1) is 0 Å². The van der Waals surface area contributed by atoms with Gasteiger partial charge in [-0.3, -0.25) is 4.79 Å². The molecule has 0 aliphatic carbocycles. The first-order chi connectivity index (χ1) is 7.22. The molecular formula is C10H11ClO4.